The highest BCUT2D eigenvalue weighted by Crippen LogP contribution is 2.31. The zero-order valence-corrected chi connectivity index (χ0v) is 12.0. The molecule has 1 rings (SSSR count). The molecule has 1 aromatic carbocycles. The zero-order chi connectivity index (χ0) is 14.4. The third-order valence-electron chi connectivity index (χ3n) is 2.88. The number of hydrogen-bond acceptors (Lipinski definition) is 4. The number of nitrogens with zero attached hydrogens (tertiary/aromatic N) is 1. The van der Waals surface area contributed by atoms with Gasteiger partial charge in [-0.2, -0.15) is 0 Å². The quantitative estimate of drug-likeness (QED) is 0.748. The average molecular weight is 286 g/mol. The lowest BCUT2D eigenvalue weighted by Crippen LogP contribution is -2.28. The van der Waals surface area contributed by atoms with Crippen LogP contribution < -0.4 is 16.2 Å². The molecule has 0 atom stereocenters. The van der Waals surface area contributed by atoms with Crippen LogP contribution in [0.2, 0.25) is 5.02 Å². The summed E-state index contributed by atoms with van der Waals surface area (Å²) in [5.74, 6) is -0.303. The highest BCUT2D eigenvalue weighted by Gasteiger charge is 2.15. The minimum Gasteiger partial charge on any atom is -0.490 e. The van der Waals surface area contributed by atoms with Crippen molar-refractivity contribution in [3.05, 3.63) is 22.7 Å². The van der Waals surface area contributed by atoms with Crippen LogP contribution in [-0.2, 0) is 0 Å². The summed E-state index contributed by atoms with van der Waals surface area (Å²) in [6.07, 6.45) is 0. The minimum atomic E-state index is -0.605. The molecule has 0 radical (unpaired) electrons. The maximum atomic E-state index is 11.4. The number of nitrogen functional groups attached to an aromatic ring is 1. The normalized spacial score (nSPS) is 10.7. The number of rotatable bonds is 7. The predicted octanol–water partition coefficient (Wildman–Crippen LogP) is 1.74. The van der Waals surface area contributed by atoms with E-state index < -0.39 is 5.91 Å². The second kappa shape index (κ2) is 7.21. The summed E-state index contributed by atoms with van der Waals surface area (Å²) in [6, 6.07) is 3.02. The Balaban J connectivity index is 2.80. The first-order valence-electron chi connectivity index (χ1n) is 6.23. The molecule has 4 N–H and O–H groups in total. The summed E-state index contributed by atoms with van der Waals surface area (Å²) in [6.45, 7) is 7.23. The standard InChI is InChI=1S/C13H20ClN3O2/c1-3-17(4-2)5-6-19-12-10(13(16)18)7-9(15)8-11(12)14/h7-8H,3-6,15H2,1-2H3,(H2,16,18). The Hall–Kier alpha value is -1.46. The molecule has 1 aromatic rings. The molecule has 0 heterocycles. The van der Waals surface area contributed by atoms with E-state index in [2.05, 4.69) is 18.7 Å². The fraction of sp³-hybridized carbons (Fsp3) is 0.462. The van der Waals surface area contributed by atoms with Crippen molar-refractivity contribution in [2.45, 2.75) is 13.8 Å². The van der Waals surface area contributed by atoms with Crippen molar-refractivity contribution in [2.24, 2.45) is 5.73 Å². The molecule has 6 heteroatoms. The first-order chi connectivity index (χ1) is 8.99. The van der Waals surface area contributed by atoms with Crippen LogP contribution in [0.25, 0.3) is 0 Å². The van der Waals surface area contributed by atoms with E-state index in [1.807, 2.05) is 0 Å². The molecule has 0 unspecified atom stereocenters. The number of ether oxygens (including phenoxy) is 1. The Bertz CT molecular complexity index is 448. The maximum Gasteiger partial charge on any atom is 0.252 e. The molecule has 0 aliphatic rings. The molecule has 0 aromatic heterocycles. The van der Waals surface area contributed by atoms with Crippen LogP contribution in [0.5, 0.6) is 5.75 Å². The fourth-order valence-electron chi connectivity index (χ4n) is 1.76. The molecule has 5 nitrogen and oxygen atoms in total. The van der Waals surface area contributed by atoms with Crippen LogP contribution >= 0.6 is 11.6 Å². The van der Waals surface area contributed by atoms with Crippen LogP contribution in [0, 0.1) is 0 Å². The van der Waals surface area contributed by atoms with Crippen molar-refractivity contribution < 1.29 is 9.53 Å². The lowest BCUT2D eigenvalue weighted by atomic mass is 10.1. The van der Waals surface area contributed by atoms with Gasteiger partial charge in [0.05, 0.1) is 10.6 Å². The van der Waals surface area contributed by atoms with E-state index in [4.69, 9.17) is 27.8 Å². The number of primary amides is 1. The third-order valence-corrected chi connectivity index (χ3v) is 3.16. The van der Waals surface area contributed by atoms with Gasteiger partial charge in [0.15, 0.2) is 5.75 Å². The molecule has 0 fully saturated rings. The first kappa shape index (κ1) is 15.6. The van der Waals surface area contributed by atoms with Crippen LogP contribution in [0.1, 0.15) is 24.2 Å². The van der Waals surface area contributed by atoms with Gasteiger partial charge < -0.3 is 21.1 Å². The molecule has 0 aliphatic heterocycles. The number of amides is 1. The Morgan fingerprint density at radius 1 is 1.37 bits per heavy atom. The average Bonchev–Trinajstić information content (AvgIpc) is 2.36. The van der Waals surface area contributed by atoms with E-state index in [-0.39, 0.29) is 5.56 Å². The van der Waals surface area contributed by atoms with Crippen LogP contribution in [0.15, 0.2) is 12.1 Å². The minimum absolute atomic E-state index is 0.213. The molecular weight excluding hydrogens is 266 g/mol. The van der Waals surface area contributed by atoms with Gasteiger partial charge >= 0.3 is 0 Å². The fourth-order valence-corrected chi connectivity index (χ4v) is 2.04. The van der Waals surface area contributed by atoms with E-state index in [1.54, 1.807) is 6.07 Å². The Morgan fingerprint density at radius 3 is 2.53 bits per heavy atom. The number of hydrogen-bond donors (Lipinski definition) is 2. The Kier molecular flexibility index (Phi) is 5.92. The topological polar surface area (TPSA) is 81.6 Å². The monoisotopic (exact) mass is 285 g/mol. The number of carbonyl (C=O) groups is 1. The summed E-state index contributed by atoms with van der Waals surface area (Å²) in [7, 11) is 0. The van der Waals surface area contributed by atoms with Gasteiger partial charge in [-0.3, -0.25) is 4.79 Å². The Labute approximate surface area is 118 Å². The van der Waals surface area contributed by atoms with Crippen LogP contribution in [-0.4, -0.2) is 37.0 Å². The predicted molar refractivity (Wildman–Crippen MR) is 77.7 cm³/mol. The molecular formula is C13H20ClN3O2. The molecule has 19 heavy (non-hydrogen) atoms. The van der Waals surface area contributed by atoms with Gasteiger partial charge in [0.1, 0.15) is 6.61 Å². The van der Waals surface area contributed by atoms with Crippen molar-refractivity contribution in [3.63, 3.8) is 0 Å². The first-order valence-corrected chi connectivity index (χ1v) is 6.61. The van der Waals surface area contributed by atoms with Crippen molar-refractivity contribution >= 4 is 23.2 Å². The second-order valence-electron chi connectivity index (χ2n) is 4.12. The van der Waals surface area contributed by atoms with Crippen molar-refractivity contribution in [1.82, 2.24) is 4.90 Å². The summed E-state index contributed by atoms with van der Waals surface area (Å²) in [5, 5.41) is 0.299. The van der Waals surface area contributed by atoms with Crippen molar-refractivity contribution in [2.75, 3.05) is 32.0 Å². The molecule has 0 bridgehead atoms. The van der Waals surface area contributed by atoms with Gasteiger partial charge in [0.25, 0.3) is 5.91 Å². The second-order valence-corrected chi connectivity index (χ2v) is 4.53. The van der Waals surface area contributed by atoms with Crippen molar-refractivity contribution in [1.29, 1.82) is 0 Å². The molecule has 0 saturated carbocycles. The number of likely N-dealkylation sites (N-methyl/N-ethyl adjacent to an activating group) is 1. The summed E-state index contributed by atoms with van der Waals surface area (Å²) >= 11 is 6.04. The largest absolute Gasteiger partial charge is 0.490 e. The van der Waals surface area contributed by atoms with Gasteiger partial charge in [-0.05, 0) is 25.2 Å². The smallest absolute Gasteiger partial charge is 0.252 e. The van der Waals surface area contributed by atoms with Crippen molar-refractivity contribution in [3.8, 4) is 5.75 Å². The zero-order valence-electron chi connectivity index (χ0n) is 11.3. The number of benzene rings is 1. The van der Waals surface area contributed by atoms with E-state index in [9.17, 15) is 4.79 Å². The van der Waals surface area contributed by atoms with E-state index in [0.717, 1.165) is 19.6 Å². The summed E-state index contributed by atoms with van der Waals surface area (Å²) < 4.78 is 5.59. The molecule has 0 saturated heterocycles. The highest BCUT2D eigenvalue weighted by atomic mass is 35.5. The van der Waals surface area contributed by atoms with Crippen LogP contribution in [0.3, 0.4) is 0 Å². The van der Waals surface area contributed by atoms with Gasteiger partial charge in [0, 0.05) is 12.2 Å². The molecule has 0 spiro atoms. The third kappa shape index (κ3) is 4.29. The number of anilines is 1. The van der Waals surface area contributed by atoms with Crippen LogP contribution in [0.4, 0.5) is 5.69 Å². The van der Waals surface area contributed by atoms with E-state index >= 15 is 0 Å². The highest BCUT2D eigenvalue weighted by molar-refractivity contribution is 6.33. The molecule has 0 aliphatic carbocycles. The Morgan fingerprint density at radius 2 is 2.00 bits per heavy atom. The van der Waals surface area contributed by atoms with Gasteiger partial charge in [-0.15, -0.1) is 0 Å². The number of carbonyl (C=O) groups excluding carboxylic acids is 1. The van der Waals surface area contributed by atoms with E-state index in [0.29, 0.717) is 23.1 Å². The SMILES string of the molecule is CCN(CC)CCOc1c(Cl)cc(N)cc1C(N)=O. The van der Waals surface area contributed by atoms with Gasteiger partial charge in [-0.1, -0.05) is 25.4 Å². The molecule has 1 amide bonds. The van der Waals surface area contributed by atoms with E-state index in [1.165, 1.54) is 6.07 Å². The lowest BCUT2D eigenvalue weighted by Gasteiger charge is -2.19. The lowest BCUT2D eigenvalue weighted by molar-refractivity contribution is 0.0995. The number of halogens is 1. The maximum absolute atomic E-state index is 11.4. The van der Waals surface area contributed by atoms with Gasteiger partial charge in [-0.25, -0.2) is 0 Å². The van der Waals surface area contributed by atoms with Gasteiger partial charge in [0.2, 0.25) is 0 Å². The number of nitrogens with two attached hydrogens (primary N) is 2. The molecule has 106 valence electrons. The summed E-state index contributed by atoms with van der Waals surface area (Å²) in [5.41, 5.74) is 11.5. The summed E-state index contributed by atoms with van der Waals surface area (Å²) in [4.78, 5) is 13.6.